The highest BCUT2D eigenvalue weighted by Gasteiger charge is 2.32. The summed E-state index contributed by atoms with van der Waals surface area (Å²) in [5, 5.41) is 0. The zero-order valence-electron chi connectivity index (χ0n) is 18.8. The number of halogens is 3. The molecule has 0 spiro atoms. The second-order valence-corrected chi connectivity index (χ2v) is 10.6. The average Bonchev–Trinajstić information content (AvgIpc) is 3.28. The summed E-state index contributed by atoms with van der Waals surface area (Å²) in [7, 11) is 0. The van der Waals surface area contributed by atoms with E-state index in [9.17, 15) is 13.2 Å². The molecule has 0 aromatic heterocycles. The van der Waals surface area contributed by atoms with Gasteiger partial charge in [0.1, 0.15) is 5.75 Å². The first kappa shape index (κ1) is 23.0. The molecule has 0 unspecified atom stereocenters. The van der Waals surface area contributed by atoms with Gasteiger partial charge in [-0.3, -0.25) is 0 Å². The molecule has 0 heterocycles. The lowest BCUT2D eigenvalue weighted by Gasteiger charge is -2.38. The van der Waals surface area contributed by atoms with Gasteiger partial charge in [0.15, 0.2) is 0 Å². The van der Waals surface area contributed by atoms with Crippen LogP contribution >= 0.6 is 0 Å². The Kier molecular flexibility index (Phi) is 7.87. The fourth-order valence-electron chi connectivity index (χ4n) is 6.81. The lowest BCUT2D eigenvalue weighted by molar-refractivity contribution is -0.274. The van der Waals surface area contributed by atoms with Crippen molar-refractivity contribution in [3.05, 3.63) is 29.8 Å². The topological polar surface area (TPSA) is 9.23 Å². The molecular weight excluding hydrogens is 397 g/mol. The molecule has 3 aliphatic carbocycles. The Hall–Kier alpha value is -1.19. The fourth-order valence-corrected chi connectivity index (χ4v) is 6.81. The van der Waals surface area contributed by atoms with Crippen LogP contribution in [-0.2, 0) is 0 Å². The summed E-state index contributed by atoms with van der Waals surface area (Å²) in [5.41, 5.74) is 1.17. The van der Waals surface area contributed by atoms with Gasteiger partial charge in [0, 0.05) is 0 Å². The number of benzene rings is 1. The first-order valence-corrected chi connectivity index (χ1v) is 12.8. The van der Waals surface area contributed by atoms with Gasteiger partial charge in [-0.2, -0.15) is 0 Å². The molecule has 174 valence electrons. The van der Waals surface area contributed by atoms with Gasteiger partial charge in [-0.05, 0) is 85.8 Å². The van der Waals surface area contributed by atoms with E-state index in [1.807, 2.05) is 12.1 Å². The molecule has 3 fully saturated rings. The van der Waals surface area contributed by atoms with Crippen LogP contribution in [0.2, 0.25) is 0 Å². The molecule has 0 radical (unpaired) electrons. The van der Waals surface area contributed by atoms with Gasteiger partial charge < -0.3 is 4.74 Å². The van der Waals surface area contributed by atoms with Crippen LogP contribution in [0.3, 0.4) is 0 Å². The normalized spacial score (nSPS) is 30.4. The van der Waals surface area contributed by atoms with Gasteiger partial charge in [0.25, 0.3) is 0 Å². The summed E-state index contributed by atoms with van der Waals surface area (Å²) in [6.45, 7) is 0. The van der Waals surface area contributed by atoms with Gasteiger partial charge >= 0.3 is 6.36 Å². The summed E-state index contributed by atoms with van der Waals surface area (Å²) in [5.74, 6) is 4.16. The van der Waals surface area contributed by atoms with Gasteiger partial charge in [-0.15, -0.1) is 13.2 Å². The van der Waals surface area contributed by atoms with Crippen LogP contribution in [0.4, 0.5) is 13.2 Å². The molecule has 0 aliphatic heterocycles. The molecule has 3 aliphatic rings. The van der Waals surface area contributed by atoms with Gasteiger partial charge in [0.2, 0.25) is 0 Å². The van der Waals surface area contributed by atoms with Crippen LogP contribution in [0.5, 0.6) is 5.75 Å². The van der Waals surface area contributed by atoms with E-state index in [4.69, 9.17) is 0 Å². The van der Waals surface area contributed by atoms with E-state index in [1.165, 1.54) is 114 Å². The van der Waals surface area contributed by atoms with Crippen molar-refractivity contribution in [1.82, 2.24) is 0 Å². The van der Waals surface area contributed by atoms with Crippen LogP contribution in [0.25, 0.3) is 0 Å². The Morgan fingerprint density at radius 2 is 1.19 bits per heavy atom. The van der Waals surface area contributed by atoms with Crippen molar-refractivity contribution in [3.63, 3.8) is 0 Å². The fraction of sp³-hybridized carbons (Fsp3) is 0.778. The van der Waals surface area contributed by atoms with E-state index in [2.05, 4.69) is 4.74 Å². The molecule has 1 aromatic rings. The van der Waals surface area contributed by atoms with Crippen LogP contribution in [-0.4, -0.2) is 6.36 Å². The summed E-state index contributed by atoms with van der Waals surface area (Å²) < 4.78 is 41.0. The Balaban J connectivity index is 1.15. The van der Waals surface area contributed by atoms with Crippen LogP contribution in [0.15, 0.2) is 24.3 Å². The third-order valence-electron chi connectivity index (χ3n) is 8.61. The lowest BCUT2D eigenvalue weighted by atomic mass is 9.68. The van der Waals surface area contributed by atoms with Crippen molar-refractivity contribution in [2.24, 2.45) is 23.7 Å². The van der Waals surface area contributed by atoms with Gasteiger partial charge in [-0.1, -0.05) is 69.9 Å². The summed E-state index contributed by atoms with van der Waals surface area (Å²) in [6, 6.07) is 6.57. The number of hydrogen-bond donors (Lipinski definition) is 0. The van der Waals surface area contributed by atoms with E-state index in [0.717, 1.165) is 23.7 Å². The maximum Gasteiger partial charge on any atom is 0.573 e. The second-order valence-electron chi connectivity index (χ2n) is 10.6. The lowest BCUT2D eigenvalue weighted by Crippen LogP contribution is -2.25. The Morgan fingerprint density at radius 1 is 0.677 bits per heavy atom. The number of ether oxygens (including phenoxy) is 1. The molecule has 0 bridgehead atoms. The quantitative estimate of drug-likeness (QED) is 0.414. The van der Waals surface area contributed by atoms with E-state index < -0.39 is 6.36 Å². The van der Waals surface area contributed by atoms with Gasteiger partial charge in [-0.25, -0.2) is 0 Å². The highest BCUT2D eigenvalue weighted by Crippen LogP contribution is 2.45. The Bertz CT molecular complexity index is 646. The van der Waals surface area contributed by atoms with Crippen LogP contribution in [0.1, 0.15) is 108 Å². The van der Waals surface area contributed by atoms with Crippen LogP contribution < -0.4 is 4.74 Å². The second kappa shape index (κ2) is 10.6. The minimum absolute atomic E-state index is 0.120. The predicted octanol–water partition coefficient (Wildman–Crippen LogP) is 9.03. The Labute approximate surface area is 186 Å². The van der Waals surface area contributed by atoms with Gasteiger partial charge in [0.05, 0.1) is 0 Å². The highest BCUT2D eigenvalue weighted by atomic mass is 19.4. The summed E-state index contributed by atoms with van der Waals surface area (Å²) >= 11 is 0. The first-order valence-electron chi connectivity index (χ1n) is 12.8. The van der Waals surface area contributed by atoms with E-state index >= 15 is 0 Å². The maximum absolute atomic E-state index is 12.3. The SMILES string of the molecule is FC(F)(F)Oc1ccc(C2CCC(C3CCC(CCCC4CCCC4)CC3)CC2)cc1. The summed E-state index contributed by atoms with van der Waals surface area (Å²) in [6.07, 6.45) is 16.3. The first-order chi connectivity index (χ1) is 15.0. The molecule has 0 N–H and O–H groups in total. The average molecular weight is 437 g/mol. The van der Waals surface area contributed by atoms with E-state index in [-0.39, 0.29) is 5.75 Å². The van der Waals surface area contributed by atoms with Crippen molar-refractivity contribution in [2.45, 2.75) is 109 Å². The molecule has 4 rings (SSSR count). The van der Waals surface area contributed by atoms with Crippen molar-refractivity contribution in [2.75, 3.05) is 0 Å². The molecule has 1 aromatic carbocycles. The molecular formula is C27H39F3O. The molecule has 0 amide bonds. The Morgan fingerprint density at radius 3 is 1.74 bits per heavy atom. The molecule has 0 atom stereocenters. The third-order valence-corrected chi connectivity index (χ3v) is 8.61. The monoisotopic (exact) mass is 436 g/mol. The van der Waals surface area contributed by atoms with Crippen molar-refractivity contribution in [3.8, 4) is 5.75 Å². The largest absolute Gasteiger partial charge is 0.573 e. The zero-order chi connectivity index (χ0) is 21.7. The zero-order valence-corrected chi connectivity index (χ0v) is 18.8. The summed E-state index contributed by atoms with van der Waals surface area (Å²) in [4.78, 5) is 0. The number of hydrogen-bond acceptors (Lipinski definition) is 1. The van der Waals surface area contributed by atoms with E-state index in [0.29, 0.717) is 5.92 Å². The molecule has 3 saturated carbocycles. The molecule has 1 nitrogen and oxygen atoms in total. The number of rotatable bonds is 7. The maximum atomic E-state index is 12.3. The van der Waals surface area contributed by atoms with Crippen molar-refractivity contribution >= 4 is 0 Å². The minimum atomic E-state index is -4.62. The van der Waals surface area contributed by atoms with E-state index in [1.54, 1.807) is 0 Å². The van der Waals surface area contributed by atoms with Crippen LogP contribution in [0, 0.1) is 23.7 Å². The third kappa shape index (κ3) is 6.89. The van der Waals surface area contributed by atoms with Crippen molar-refractivity contribution in [1.29, 1.82) is 0 Å². The minimum Gasteiger partial charge on any atom is -0.406 e. The molecule has 31 heavy (non-hydrogen) atoms. The standard InChI is InChI=1S/C27H39F3O/c28-27(29,30)31-26-18-16-25(17-19-26)24-14-12-23(13-15-24)22-10-8-21(9-11-22)7-3-6-20-4-1-2-5-20/h16-24H,1-15H2. The molecule has 0 saturated heterocycles. The van der Waals surface area contributed by atoms with Crippen molar-refractivity contribution < 1.29 is 17.9 Å². The molecule has 4 heteroatoms. The predicted molar refractivity (Wildman–Crippen MR) is 119 cm³/mol. The smallest absolute Gasteiger partial charge is 0.406 e. The number of alkyl halides is 3. The highest BCUT2D eigenvalue weighted by molar-refractivity contribution is 5.29.